The first-order valence-corrected chi connectivity index (χ1v) is 10.6. The Labute approximate surface area is 188 Å². The molecule has 0 saturated carbocycles. The van der Waals surface area contributed by atoms with Crippen LogP contribution in [0.4, 0.5) is 4.79 Å². The minimum atomic E-state index is -1.00. The van der Waals surface area contributed by atoms with Gasteiger partial charge in [-0.2, -0.15) is 0 Å². The molecule has 3 atom stereocenters. The van der Waals surface area contributed by atoms with E-state index in [1.54, 1.807) is 27.7 Å². The summed E-state index contributed by atoms with van der Waals surface area (Å²) in [5.41, 5.74) is 0.715. The molecule has 0 saturated heterocycles. The number of nitrogens with one attached hydrogen (secondary N) is 1. The largest absolute Gasteiger partial charge is 0.481 e. The number of rotatable bonds is 10. The predicted molar refractivity (Wildman–Crippen MR) is 120 cm³/mol. The zero-order chi connectivity index (χ0) is 23.7. The maximum atomic E-state index is 12.8. The van der Waals surface area contributed by atoms with Crippen molar-refractivity contribution in [2.75, 3.05) is 6.61 Å². The van der Waals surface area contributed by atoms with Crippen molar-refractivity contribution in [3.8, 4) is 0 Å². The minimum Gasteiger partial charge on any atom is -0.481 e. The number of esters is 1. The van der Waals surface area contributed by atoms with Crippen LogP contribution in [0.25, 0.3) is 0 Å². The number of alkyl carbamates (subject to hydrolysis) is 1. The number of carbonyl (C=O) groups excluding carboxylic acids is 2. The van der Waals surface area contributed by atoms with Crippen LogP contribution in [-0.2, 0) is 31.1 Å². The van der Waals surface area contributed by atoms with Gasteiger partial charge in [-0.1, -0.05) is 74.5 Å². The van der Waals surface area contributed by atoms with E-state index < -0.39 is 41.3 Å². The highest BCUT2D eigenvalue weighted by Crippen LogP contribution is 2.25. The van der Waals surface area contributed by atoms with Gasteiger partial charge in [0.05, 0.1) is 17.4 Å². The van der Waals surface area contributed by atoms with Crippen LogP contribution in [0.5, 0.6) is 0 Å². The topological polar surface area (TPSA) is 102 Å². The van der Waals surface area contributed by atoms with Crippen molar-refractivity contribution in [3.63, 3.8) is 0 Å². The molecule has 2 aromatic carbocycles. The normalized spacial score (nSPS) is 14.0. The van der Waals surface area contributed by atoms with Gasteiger partial charge >= 0.3 is 18.0 Å². The Morgan fingerprint density at radius 2 is 1.50 bits per heavy atom. The maximum Gasteiger partial charge on any atom is 0.407 e. The number of carboxylic acid groups (broad SMARTS) is 1. The lowest BCUT2D eigenvalue weighted by Crippen LogP contribution is -2.47. The third kappa shape index (κ3) is 6.83. The van der Waals surface area contributed by atoms with Crippen molar-refractivity contribution in [1.29, 1.82) is 0 Å². The molecule has 0 aliphatic heterocycles. The molecular formula is C25H31NO6. The first kappa shape index (κ1) is 24.9. The van der Waals surface area contributed by atoms with Crippen LogP contribution >= 0.6 is 0 Å². The molecular weight excluding hydrogens is 410 g/mol. The number of aliphatic carboxylic acids is 1. The molecule has 0 aromatic heterocycles. The highest BCUT2D eigenvalue weighted by Gasteiger charge is 2.34. The standard InChI is InChI=1S/C25H31NO6/c1-17(18(2)22(27)28)21(26-24(30)32-15-19-11-7-5-8-12-19)16-31-23(29)25(3,4)20-13-9-6-10-14-20/h5-14,17-18,21H,15-16H2,1-4H3,(H,26,30)(H,27,28)/t17?,18-,21-/m0/s1. The van der Waals surface area contributed by atoms with Crippen LogP contribution in [0.15, 0.2) is 60.7 Å². The smallest absolute Gasteiger partial charge is 0.407 e. The van der Waals surface area contributed by atoms with Gasteiger partial charge in [-0.25, -0.2) is 4.79 Å². The van der Waals surface area contributed by atoms with Gasteiger partial charge in [0.2, 0.25) is 0 Å². The number of benzene rings is 2. The summed E-state index contributed by atoms with van der Waals surface area (Å²) in [5.74, 6) is -2.75. The Hall–Kier alpha value is -3.35. The Bertz CT molecular complexity index is 897. The zero-order valence-corrected chi connectivity index (χ0v) is 18.9. The van der Waals surface area contributed by atoms with Crippen LogP contribution < -0.4 is 5.32 Å². The molecule has 0 radical (unpaired) electrons. The van der Waals surface area contributed by atoms with Crippen LogP contribution in [-0.4, -0.2) is 35.8 Å². The molecule has 0 aliphatic rings. The van der Waals surface area contributed by atoms with Gasteiger partial charge in [0, 0.05) is 0 Å². The van der Waals surface area contributed by atoms with E-state index in [9.17, 15) is 19.5 Å². The lowest BCUT2D eigenvalue weighted by molar-refractivity contribution is -0.151. The molecule has 0 bridgehead atoms. The molecule has 0 heterocycles. The summed E-state index contributed by atoms with van der Waals surface area (Å²) in [6.07, 6.45) is -0.707. The number of hydrogen-bond donors (Lipinski definition) is 2. The Morgan fingerprint density at radius 3 is 2.06 bits per heavy atom. The zero-order valence-electron chi connectivity index (χ0n) is 18.9. The average Bonchev–Trinajstić information content (AvgIpc) is 2.80. The fraction of sp³-hybridized carbons (Fsp3) is 0.400. The van der Waals surface area contributed by atoms with Gasteiger partial charge in [0.1, 0.15) is 13.2 Å². The van der Waals surface area contributed by atoms with Crippen molar-refractivity contribution < 1.29 is 29.0 Å². The summed E-state index contributed by atoms with van der Waals surface area (Å²) in [4.78, 5) is 36.6. The molecule has 7 nitrogen and oxygen atoms in total. The van der Waals surface area contributed by atoms with E-state index >= 15 is 0 Å². The summed E-state index contributed by atoms with van der Waals surface area (Å²) in [6, 6.07) is 17.7. The molecule has 2 aromatic rings. The Morgan fingerprint density at radius 1 is 0.938 bits per heavy atom. The monoisotopic (exact) mass is 441 g/mol. The molecule has 32 heavy (non-hydrogen) atoms. The molecule has 0 spiro atoms. The number of carboxylic acids is 1. The van der Waals surface area contributed by atoms with Gasteiger partial charge in [-0.3, -0.25) is 9.59 Å². The van der Waals surface area contributed by atoms with Crippen LogP contribution in [0, 0.1) is 11.8 Å². The molecule has 172 valence electrons. The predicted octanol–water partition coefficient (Wildman–Crippen LogP) is 4.16. The molecule has 7 heteroatoms. The molecule has 1 unspecified atom stereocenters. The van der Waals surface area contributed by atoms with Crippen molar-refractivity contribution in [2.24, 2.45) is 11.8 Å². The van der Waals surface area contributed by atoms with Crippen LogP contribution in [0.1, 0.15) is 38.8 Å². The quantitative estimate of drug-likeness (QED) is 0.537. The fourth-order valence-corrected chi connectivity index (χ4v) is 3.13. The SMILES string of the molecule is CC([C@H](COC(=O)C(C)(C)c1ccccc1)NC(=O)OCc1ccccc1)[C@H](C)C(=O)O. The van der Waals surface area contributed by atoms with Gasteiger partial charge in [0.25, 0.3) is 0 Å². The molecule has 2 rings (SSSR count). The number of carbonyl (C=O) groups is 3. The third-order valence-electron chi connectivity index (χ3n) is 5.73. The van der Waals surface area contributed by atoms with Gasteiger partial charge in [-0.05, 0) is 30.9 Å². The van der Waals surface area contributed by atoms with Crippen molar-refractivity contribution >= 4 is 18.0 Å². The van der Waals surface area contributed by atoms with E-state index in [1.807, 2.05) is 60.7 Å². The van der Waals surface area contributed by atoms with E-state index in [0.29, 0.717) is 0 Å². The highest BCUT2D eigenvalue weighted by molar-refractivity contribution is 5.82. The lowest BCUT2D eigenvalue weighted by Gasteiger charge is -2.29. The summed E-state index contributed by atoms with van der Waals surface area (Å²) < 4.78 is 10.8. The second-order valence-electron chi connectivity index (χ2n) is 8.39. The summed E-state index contributed by atoms with van der Waals surface area (Å²) in [7, 11) is 0. The fourth-order valence-electron chi connectivity index (χ4n) is 3.13. The molecule has 0 fully saturated rings. The Balaban J connectivity index is 2.05. The average molecular weight is 442 g/mol. The van der Waals surface area contributed by atoms with E-state index in [4.69, 9.17) is 9.47 Å². The van der Waals surface area contributed by atoms with Gasteiger partial charge in [-0.15, -0.1) is 0 Å². The van der Waals surface area contributed by atoms with Gasteiger partial charge in [0.15, 0.2) is 0 Å². The summed E-state index contributed by atoms with van der Waals surface area (Å²) in [6.45, 7) is 6.65. The van der Waals surface area contributed by atoms with E-state index in [-0.39, 0.29) is 13.2 Å². The minimum absolute atomic E-state index is 0.0725. The number of hydrogen-bond acceptors (Lipinski definition) is 5. The second kappa shape index (κ2) is 11.3. The van der Waals surface area contributed by atoms with Crippen LogP contribution in [0.3, 0.4) is 0 Å². The lowest BCUT2D eigenvalue weighted by atomic mass is 9.84. The number of ether oxygens (including phenoxy) is 2. The summed E-state index contributed by atoms with van der Waals surface area (Å²) in [5, 5.41) is 12.1. The Kier molecular flexibility index (Phi) is 8.81. The van der Waals surface area contributed by atoms with Crippen molar-refractivity contribution in [1.82, 2.24) is 5.32 Å². The van der Waals surface area contributed by atoms with E-state index in [0.717, 1.165) is 11.1 Å². The first-order valence-electron chi connectivity index (χ1n) is 10.6. The second-order valence-corrected chi connectivity index (χ2v) is 8.39. The van der Waals surface area contributed by atoms with Crippen molar-refractivity contribution in [3.05, 3.63) is 71.8 Å². The number of amides is 1. The molecule has 0 aliphatic carbocycles. The van der Waals surface area contributed by atoms with E-state index in [2.05, 4.69) is 5.32 Å². The maximum absolute atomic E-state index is 12.8. The molecule has 2 N–H and O–H groups in total. The first-order chi connectivity index (χ1) is 15.1. The van der Waals surface area contributed by atoms with E-state index in [1.165, 1.54) is 0 Å². The van der Waals surface area contributed by atoms with Crippen molar-refractivity contribution in [2.45, 2.75) is 45.8 Å². The molecule has 1 amide bonds. The third-order valence-corrected chi connectivity index (χ3v) is 5.73. The van der Waals surface area contributed by atoms with Crippen LogP contribution in [0.2, 0.25) is 0 Å². The van der Waals surface area contributed by atoms with Gasteiger partial charge < -0.3 is 19.9 Å². The summed E-state index contributed by atoms with van der Waals surface area (Å²) >= 11 is 0. The highest BCUT2D eigenvalue weighted by atomic mass is 16.6.